The highest BCUT2D eigenvalue weighted by molar-refractivity contribution is 5.76. The number of rotatable bonds is 9. The number of unbranched alkanes of at least 4 members (excludes halogenated alkanes) is 2. The van der Waals surface area contributed by atoms with Crippen LogP contribution in [0.2, 0.25) is 0 Å². The summed E-state index contributed by atoms with van der Waals surface area (Å²) in [4.78, 5) is 13.5. The maximum Gasteiger partial charge on any atom is 0.222 e. The van der Waals surface area contributed by atoms with E-state index in [9.17, 15) is 4.79 Å². The maximum absolute atomic E-state index is 11.7. The first-order valence-corrected chi connectivity index (χ1v) is 5.85. The zero-order valence-electron chi connectivity index (χ0n) is 9.74. The summed E-state index contributed by atoms with van der Waals surface area (Å²) in [7, 11) is 0. The minimum Gasteiger partial charge on any atom is -0.396 e. The monoisotopic (exact) mass is 216 g/mol. The lowest BCUT2D eigenvalue weighted by molar-refractivity contribution is -0.131. The zero-order valence-corrected chi connectivity index (χ0v) is 9.74. The molecule has 0 aliphatic heterocycles. The lowest BCUT2D eigenvalue weighted by Crippen LogP contribution is -2.31. The van der Waals surface area contributed by atoms with E-state index in [0.29, 0.717) is 25.9 Å². The van der Waals surface area contributed by atoms with E-state index in [-0.39, 0.29) is 12.5 Å². The maximum atomic E-state index is 11.7. The number of carbonyl (C=O) groups is 1. The molecule has 1 amide bonds. The highest BCUT2D eigenvalue weighted by atomic mass is 16.3. The van der Waals surface area contributed by atoms with E-state index < -0.39 is 0 Å². The van der Waals surface area contributed by atoms with Gasteiger partial charge in [0.05, 0.1) is 0 Å². The van der Waals surface area contributed by atoms with E-state index >= 15 is 0 Å². The molecular formula is C11H24N2O2. The fourth-order valence-corrected chi connectivity index (χ4v) is 1.48. The van der Waals surface area contributed by atoms with E-state index in [0.717, 1.165) is 25.8 Å². The molecule has 0 aromatic carbocycles. The van der Waals surface area contributed by atoms with E-state index in [1.54, 1.807) is 4.90 Å². The highest BCUT2D eigenvalue weighted by Gasteiger charge is 2.09. The van der Waals surface area contributed by atoms with Gasteiger partial charge in [0.2, 0.25) is 5.91 Å². The topological polar surface area (TPSA) is 66.6 Å². The molecule has 0 heterocycles. The molecule has 4 nitrogen and oxygen atoms in total. The molecule has 0 fully saturated rings. The molecule has 3 N–H and O–H groups in total. The van der Waals surface area contributed by atoms with Crippen LogP contribution in [0.25, 0.3) is 0 Å². The Balaban J connectivity index is 3.63. The number of nitrogens with zero attached hydrogens (tertiary/aromatic N) is 1. The van der Waals surface area contributed by atoms with Gasteiger partial charge in [-0.3, -0.25) is 4.79 Å². The molecule has 0 aliphatic rings. The van der Waals surface area contributed by atoms with Crippen molar-refractivity contribution in [2.75, 3.05) is 26.2 Å². The van der Waals surface area contributed by atoms with E-state index in [4.69, 9.17) is 10.8 Å². The summed E-state index contributed by atoms with van der Waals surface area (Å²) in [6.07, 6.45) is 4.23. The molecule has 4 heteroatoms. The third kappa shape index (κ3) is 7.33. The summed E-state index contributed by atoms with van der Waals surface area (Å²) in [5.41, 5.74) is 5.37. The van der Waals surface area contributed by atoms with Crippen LogP contribution in [0.1, 0.15) is 39.0 Å². The molecule has 90 valence electrons. The molecule has 0 rings (SSSR count). The molecule has 0 saturated carbocycles. The normalized spacial score (nSPS) is 10.3. The molecule has 0 aliphatic carbocycles. The van der Waals surface area contributed by atoms with Crippen LogP contribution in [0, 0.1) is 0 Å². The van der Waals surface area contributed by atoms with Gasteiger partial charge in [0.25, 0.3) is 0 Å². The van der Waals surface area contributed by atoms with Crippen molar-refractivity contribution in [1.82, 2.24) is 4.90 Å². The number of hydrogen-bond donors (Lipinski definition) is 2. The number of hydrogen-bond acceptors (Lipinski definition) is 3. The smallest absolute Gasteiger partial charge is 0.222 e. The Kier molecular flexibility index (Phi) is 9.52. The van der Waals surface area contributed by atoms with Crippen LogP contribution in [0.4, 0.5) is 0 Å². The van der Waals surface area contributed by atoms with Crippen molar-refractivity contribution in [2.45, 2.75) is 39.0 Å². The second-order valence-electron chi connectivity index (χ2n) is 3.65. The molecule has 0 aromatic heterocycles. The Morgan fingerprint density at radius 2 is 2.00 bits per heavy atom. The highest BCUT2D eigenvalue weighted by Crippen LogP contribution is 2.03. The Bertz CT molecular complexity index is 163. The number of nitrogens with two attached hydrogens (primary N) is 1. The molecule has 0 aromatic rings. The lowest BCUT2D eigenvalue weighted by Gasteiger charge is -2.20. The molecule has 0 saturated heterocycles. The van der Waals surface area contributed by atoms with Crippen molar-refractivity contribution in [3.63, 3.8) is 0 Å². The van der Waals surface area contributed by atoms with Gasteiger partial charge in [-0.25, -0.2) is 0 Å². The van der Waals surface area contributed by atoms with Crippen LogP contribution in [0.15, 0.2) is 0 Å². The van der Waals surface area contributed by atoms with Crippen molar-refractivity contribution in [2.24, 2.45) is 5.73 Å². The van der Waals surface area contributed by atoms with Crippen LogP contribution >= 0.6 is 0 Å². The molecular weight excluding hydrogens is 192 g/mol. The van der Waals surface area contributed by atoms with Gasteiger partial charge in [-0.05, 0) is 32.7 Å². The molecule has 0 atom stereocenters. The summed E-state index contributed by atoms with van der Waals surface area (Å²) >= 11 is 0. The standard InChI is InChI=1S/C11H24N2O2/c1-2-13(9-6-10-14)11(15)7-4-3-5-8-12/h14H,2-10,12H2,1H3. The van der Waals surface area contributed by atoms with Gasteiger partial charge >= 0.3 is 0 Å². The van der Waals surface area contributed by atoms with Crippen molar-refractivity contribution in [3.8, 4) is 0 Å². The average molecular weight is 216 g/mol. The Hall–Kier alpha value is -0.610. The zero-order chi connectivity index (χ0) is 11.5. The number of carbonyl (C=O) groups excluding carboxylic acids is 1. The Labute approximate surface area is 92.4 Å². The third-order valence-electron chi connectivity index (χ3n) is 2.42. The average Bonchev–Trinajstić information content (AvgIpc) is 2.25. The second-order valence-corrected chi connectivity index (χ2v) is 3.65. The third-order valence-corrected chi connectivity index (χ3v) is 2.42. The summed E-state index contributed by atoms with van der Waals surface area (Å²) in [5.74, 6) is 0.197. The quantitative estimate of drug-likeness (QED) is 0.559. The molecule has 0 bridgehead atoms. The van der Waals surface area contributed by atoms with Gasteiger partial charge < -0.3 is 15.7 Å². The summed E-state index contributed by atoms with van der Waals surface area (Å²) < 4.78 is 0. The summed E-state index contributed by atoms with van der Waals surface area (Å²) in [5, 5.41) is 8.69. The van der Waals surface area contributed by atoms with Gasteiger partial charge in [-0.2, -0.15) is 0 Å². The number of amides is 1. The van der Waals surface area contributed by atoms with Crippen LogP contribution in [0.5, 0.6) is 0 Å². The Morgan fingerprint density at radius 1 is 1.27 bits per heavy atom. The van der Waals surface area contributed by atoms with Gasteiger partial charge in [-0.1, -0.05) is 6.42 Å². The van der Waals surface area contributed by atoms with E-state index in [2.05, 4.69) is 0 Å². The first-order valence-electron chi connectivity index (χ1n) is 5.85. The predicted molar refractivity (Wildman–Crippen MR) is 61.5 cm³/mol. The van der Waals surface area contributed by atoms with Crippen LogP contribution < -0.4 is 5.73 Å². The molecule has 15 heavy (non-hydrogen) atoms. The van der Waals surface area contributed by atoms with Crippen LogP contribution in [-0.4, -0.2) is 42.2 Å². The largest absolute Gasteiger partial charge is 0.396 e. The molecule has 0 radical (unpaired) electrons. The SMILES string of the molecule is CCN(CCCO)C(=O)CCCCCN. The fourth-order valence-electron chi connectivity index (χ4n) is 1.48. The van der Waals surface area contributed by atoms with Crippen molar-refractivity contribution in [1.29, 1.82) is 0 Å². The van der Waals surface area contributed by atoms with Gasteiger partial charge in [0.1, 0.15) is 0 Å². The van der Waals surface area contributed by atoms with Crippen molar-refractivity contribution in [3.05, 3.63) is 0 Å². The first kappa shape index (κ1) is 14.4. The summed E-state index contributed by atoms with van der Waals surface area (Å²) in [6, 6.07) is 0. The number of aliphatic hydroxyl groups is 1. The molecule has 0 unspecified atom stereocenters. The lowest BCUT2D eigenvalue weighted by atomic mass is 10.2. The summed E-state index contributed by atoms with van der Waals surface area (Å²) in [6.45, 7) is 4.22. The van der Waals surface area contributed by atoms with Crippen LogP contribution in [-0.2, 0) is 4.79 Å². The van der Waals surface area contributed by atoms with Crippen molar-refractivity contribution >= 4 is 5.91 Å². The van der Waals surface area contributed by atoms with Crippen molar-refractivity contribution < 1.29 is 9.90 Å². The second kappa shape index (κ2) is 9.93. The van der Waals surface area contributed by atoms with E-state index in [1.165, 1.54) is 0 Å². The van der Waals surface area contributed by atoms with E-state index in [1.807, 2.05) is 6.92 Å². The Morgan fingerprint density at radius 3 is 2.53 bits per heavy atom. The minimum absolute atomic E-state index is 0.150. The van der Waals surface area contributed by atoms with Gasteiger partial charge in [0.15, 0.2) is 0 Å². The first-order chi connectivity index (χ1) is 7.26. The number of aliphatic hydroxyl groups excluding tert-OH is 1. The fraction of sp³-hybridized carbons (Fsp3) is 0.909. The molecule has 0 spiro atoms. The minimum atomic E-state index is 0.150. The predicted octanol–water partition coefficient (Wildman–Crippen LogP) is 0.736. The van der Waals surface area contributed by atoms with Gasteiger partial charge in [-0.15, -0.1) is 0 Å². The van der Waals surface area contributed by atoms with Gasteiger partial charge in [0, 0.05) is 26.1 Å². The van der Waals surface area contributed by atoms with Crippen LogP contribution in [0.3, 0.4) is 0 Å².